The highest BCUT2D eigenvalue weighted by Gasteiger charge is 2.30. The Labute approximate surface area is 130 Å². The molecule has 0 saturated carbocycles. The summed E-state index contributed by atoms with van der Waals surface area (Å²) in [6.07, 6.45) is 0. The van der Waals surface area contributed by atoms with Gasteiger partial charge in [-0.1, -0.05) is 18.2 Å². The molecule has 0 saturated heterocycles. The molecule has 1 heterocycles. The molecule has 1 unspecified atom stereocenters. The number of nitrogens with zero attached hydrogens (tertiary/aromatic N) is 2. The summed E-state index contributed by atoms with van der Waals surface area (Å²) in [6.45, 7) is 5.70. The number of rotatable bonds is 2. The first-order valence-corrected chi connectivity index (χ1v) is 7.55. The van der Waals surface area contributed by atoms with Crippen LogP contribution in [0.5, 0.6) is 0 Å². The molecule has 4 heteroatoms. The van der Waals surface area contributed by atoms with Crippen LogP contribution in [0.4, 0.5) is 15.8 Å². The van der Waals surface area contributed by atoms with Crippen LogP contribution in [-0.2, 0) is 0 Å². The highest BCUT2D eigenvalue weighted by atomic mass is 19.1. The third kappa shape index (κ3) is 2.45. The average molecular weight is 298 g/mol. The number of para-hydroxylation sites is 2. The minimum Gasteiger partial charge on any atom is -0.366 e. The molecule has 0 radical (unpaired) electrons. The van der Waals surface area contributed by atoms with Crippen molar-refractivity contribution in [3.05, 3.63) is 59.9 Å². The zero-order chi connectivity index (χ0) is 15.7. The first kappa shape index (κ1) is 14.6. The van der Waals surface area contributed by atoms with E-state index in [1.165, 1.54) is 12.1 Å². The molecule has 0 aromatic heterocycles. The Bertz CT molecular complexity index is 701. The van der Waals surface area contributed by atoms with E-state index < -0.39 is 0 Å². The Morgan fingerprint density at radius 1 is 1.18 bits per heavy atom. The summed E-state index contributed by atoms with van der Waals surface area (Å²) in [6, 6.07) is 14.0. The van der Waals surface area contributed by atoms with Gasteiger partial charge in [0.05, 0.1) is 11.4 Å². The second kappa shape index (κ2) is 5.79. The van der Waals surface area contributed by atoms with E-state index in [1.54, 1.807) is 17.0 Å². The maximum absolute atomic E-state index is 13.4. The first-order valence-electron chi connectivity index (χ1n) is 7.55. The zero-order valence-electron chi connectivity index (χ0n) is 12.8. The van der Waals surface area contributed by atoms with Crippen LogP contribution < -0.4 is 9.80 Å². The standard InChI is InChI=1S/C18H19FN2O/c1-3-20-13(2)12-21(17-10-5-4-9-16(17)20)18(22)14-7-6-8-15(19)11-14/h4-11,13H,3,12H2,1-2H3. The van der Waals surface area contributed by atoms with Crippen LogP contribution >= 0.6 is 0 Å². The topological polar surface area (TPSA) is 23.6 Å². The van der Waals surface area contributed by atoms with Gasteiger partial charge < -0.3 is 9.80 Å². The highest BCUT2D eigenvalue weighted by molar-refractivity contribution is 6.08. The third-order valence-corrected chi connectivity index (χ3v) is 4.12. The van der Waals surface area contributed by atoms with Crippen LogP contribution in [-0.4, -0.2) is 25.0 Å². The van der Waals surface area contributed by atoms with E-state index in [-0.39, 0.29) is 17.8 Å². The SMILES string of the molecule is CCN1c2ccccc2N(C(=O)c2cccc(F)c2)CC1C. The van der Waals surface area contributed by atoms with Crippen LogP contribution in [0.15, 0.2) is 48.5 Å². The van der Waals surface area contributed by atoms with Gasteiger partial charge in [-0.25, -0.2) is 4.39 Å². The van der Waals surface area contributed by atoms with Crippen LogP contribution in [0, 0.1) is 5.82 Å². The number of carbonyl (C=O) groups excluding carboxylic acids is 1. The molecule has 1 atom stereocenters. The van der Waals surface area contributed by atoms with E-state index in [4.69, 9.17) is 0 Å². The van der Waals surface area contributed by atoms with E-state index in [0.29, 0.717) is 12.1 Å². The van der Waals surface area contributed by atoms with E-state index in [0.717, 1.165) is 17.9 Å². The first-order chi connectivity index (χ1) is 10.6. The summed E-state index contributed by atoms with van der Waals surface area (Å²) in [4.78, 5) is 16.8. The Hall–Kier alpha value is -2.36. The molecule has 2 aromatic rings. The van der Waals surface area contributed by atoms with Gasteiger partial charge in [-0.2, -0.15) is 0 Å². The number of hydrogen-bond acceptors (Lipinski definition) is 2. The van der Waals surface area contributed by atoms with Crippen LogP contribution in [0.2, 0.25) is 0 Å². The van der Waals surface area contributed by atoms with Crippen molar-refractivity contribution < 1.29 is 9.18 Å². The number of benzene rings is 2. The van der Waals surface area contributed by atoms with E-state index >= 15 is 0 Å². The summed E-state index contributed by atoms with van der Waals surface area (Å²) < 4.78 is 13.4. The number of fused-ring (bicyclic) bond motifs is 1. The lowest BCUT2D eigenvalue weighted by atomic mass is 10.1. The van der Waals surface area contributed by atoms with Gasteiger partial charge in [0, 0.05) is 24.7 Å². The van der Waals surface area contributed by atoms with Gasteiger partial charge in [-0.05, 0) is 44.2 Å². The Kier molecular flexibility index (Phi) is 3.84. The number of likely N-dealkylation sites (N-methyl/N-ethyl adjacent to an activating group) is 1. The van der Waals surface area contributed by atoms with Crippen molar-refractivity contribution in [2.24, 2.45) is 0 Å². The number of halogens is 1. The molecule has 0 aliphatic carbocycles. The van der Waals surface area contributed by atoms with Gasteiger partial charge in [0.2, 0.25) is 0 Å². The molecule has 0 spiro atoms. The molecule has 1 amide bonds. The van der Waals surface area contributed by atoms with E-state index in [2.05, 4.69) is 18.7 Å². The van der Waals surface area contributed by atoms with Crippen LogP contribution in [0.25, 0.3) is 0 Å². The lowest BCUT2D eigenvalue weighted by molar-refractivity contribution is 0.0983. The summed E-state index contributed by atoms with van der Waals surface area (Å²) in [5, 5.41) is 0. The van der Waals surface area contributed by atoms with Gasteiger partial charge in [-0.15, -0.1) is 0 Å². The molecule has 3 nitrogen and oxygen atoms in total. The largest absolute Gasteiger partial charge is 0.366 e. The van der Waals surface area contributed by atoms with E-state index in [9.17, 15) is 9.18 Å². The summed E-state index contributed by atoms with van der Waals surface area (Å²) in [7, 11) is 0. The Morgan fingerprint density at radius 3 is 2.59 bits per heavy atom. The van der Waals surface area contributed by atoms with Gasteiger partial charge in [0.1, 0.15) is 5.82 Å². The molecular weight excluding hydrogens is 279 g/mol. The van der Waals surface area contributed by atoms with Crippen molar-refractivity contribution in [3.63, 3.8) is 0 Å². The molecule has 0 bridgehead atoms. The molecule has 0 fully saturated rings. The fourth-order valence-corrected chi connectivity index (χ4v) is 3.09. The van der Waals surface area contributed by atoms with Crippen LogP contribution in [0.1, 0.15) is 24.2 Å². The predicted octanol–water partition coefficient (Wildman–Crippen LogP) is 3.70. The number of carbonyl (C=O) groups is 1. The molecular formula is C18H19FN2O. The third-order valence-electron chi connectivity index (χ3n) is 4.12. The van der Waals surface area contributed by atoms with Gasteiger partial charge in [0.15, 0.2) is 0 Å². The lowest BCUT2D eigenvalue weighted by Gasteiger charge is -2.42. The monoisotopic (exact) mass is 298 g/mol. The van der Waals surface area contributed by atoms with Crippen molar-refractivity contribution in [1.82, 2.24) is 0 Å². The summed E-state index contributed by atoms with van der Waals surface area (Å²) >= 11 is 0. The van der Waals surface area contributed by atoms with Crippen molar-refractivity contribution >= 4 is 17.3 Å². The second-order valence-electron chi connectivity index (χ2n) is 5.55. The molecule has 0 N–H and O–H groups in total. The average Bonchev–Trinajstić information content (AvgIpc) is 2.53. The van der Waals surface area contributed by atoms with Crippen molar-refractivity contribution in [1.29, 1.82) is 0 Å². The minimum atomic E-state index is -0.389. The molecule has 3 rings (SSSR count). The van der Waals surface area contributed by atoms with Crippen molar-refractivity contribution in [2.45, 2.75) is 19.9 Å². The molecule has 22 heavy (non-hydrogen) atoms. The number of amides is 1. The fraction of sp³-hybridized carbons (Fsp3) is 0.278. The molecule has 114 valence electrons. The molecule has 1 aliphatic heterocycles. The fourth-order valence-electron chi connectivity index (χ4n) is 3.09. The number of anilines is 2. The van der Waals surface area contributed by atoms with Gasteiger partial charge in [-0.3, -0.25) is 4.79 Å². The van der Waals surface area contributed by atoms with E-state index in [1.807, 2.05) is 24.3 Å². The lowest BCUT2D eigenvalue weighted by Crippen LogP contribution is -2.49. The normalized spacial score (nSPS) is 17.3. The van der Waals surface area contributed by atoms with Crippen molar-refractivity contribution in [3.8, 4) is 0 Å². The zero-order valence-corrected chi connectivity index (χ0v) is 12.8. The summed E-state index contributed by atoms with van der Waals surface area (Å²) in [5.41, 5.74) is 2.32. The Morgan fingerprint density at radius 2 is 1.91 bits per heavy atom. The number of hydrogen-bond donors (Lipinski definition) is 0. The Balaban J connectivity index is 2.02. The highest BCUT2D eigenvalue weighted by Crippen LogP contribution is 2.35. The quantitative estimate of drug-likeness (QED) is 0.844. The smallest absolute Gasteiger partial charge is 0.258 e. The van der Waals surface area contributed by atoms with Crippen molar-refractivity contribution in [2.75, 3.05) is 22.9 Å². The predicted molar refractivity (Wildman–Crippen MR) is 87.0 cm³/mol. The maximum atomic E-state index is 13.4. The maximum Gasteiger partial charge on any atom is 0.258 e. The van der Waals surface area contributed by atoms with Gasteiger partial charge in [0.25, 0.3) is 5.91 Å². The molecule has 1 aliphatic rings. The van der Waals surface area contributed by atoms with Gasteiger partial charge >= 0.3 is 0 Å². The molecule has 2 aromatic carbocycles. The minimum absolute atomic E-state index is 0.158. The van der Waals surface area contributed by atoms with Crippen LogP contribution in [0.3, 0.4) is 0 Å². The second-order valence-corrected chi connectivity index (χ2v) is 5.55. The summed E-state index contributed by atoms with van der Waals surface area (Å²) in [5.74, 6) is -0.547.